The Morgan fingerprint density at radius 2 is 2.00 bits per heavy atom. The second-order valence-electron chi connectivity index (χ2n) is 4.69. The van der Waals surface area contributed by atoms with Gasteiger partial charge in [-0.25, -0.2) is 0 Å². The van der Waals surface area contributed by atoms with E-state index in [-0.39, 0.29) is 6.10 Å². The van der Waals surface area contributed by atoms with E-state index in [2.05, 4.69) is 19.2 Å². The number of hydrogen-bond acceptors (Lipinski definition) is 3. The minimum absolute atomic E-state index is 0.196. The van der Waals surface area contributed by atoms with E-state index in [1.807, 2.05) is 0 Å². The molecule has 2 unspecified atom stereocenters. The maximum atomic E-state index is 9.94. The van der Waals surface area contributed by atoms with Crippen molar-refractivity contribution >= 4 is 0 Å². The summed E-state index contributed by atoms with van der Waals surface area (Å²) in [6, 6.07) is 0. The largest absolute Gasteiger partial charge is 0.392 e. The lowest BCUT2D eigenvalue weighted by molar-refractivity contribution is 0.00836. The topological polar surface area (TPSA) is 41.5 Å². The van der Waals surface area contributed by atoms with E-state index in [4.69, 9.17) is 4.74 Å². The summed E-state index contributed by atoms with van der Waals surface area (Å²) in [6.45, 7) is 7.79. The van der Waals surface area contributed by atoms with Crippen LogP contribution in [0.4, 0.5) is 0 Å². The minimum atomic E-state index is -0.196. The van der Waals surface area contributed by atoms with Crippen molar-refractivity contribution < 1.29 is 9.84 Å². The van der Waals surface area contributed by atoms with Gasteiger partial charge in [0.15, 0.2) is 0 Å². The number of ether oxygens (including phenoxy) is 1. The molecule has 0 aromatic rings. The fraction of sp³-hybridized carbons (Fsp3) is 1.00. The third kappa shape index (κ3) is 4.96. The molecule has 1 saturated heterocycles. The predicted octanol–water partition coefficient (Wildman–Crippen LogP) is 1.41. The highest BCUT2D eigenvalue weighted by atomic mass is 16.5. The molecule has 2 N–H and O–H groups in total. The molecule has 0 aromatic heterocycles. The predicted molar refractivity (Wildman–Crippen MR) is 61.9 cm³/mol. The van der Waals surface area contributed by atoms with Crippen LogP contribution in [0.5, 0.6) is 0 Å². The molecule has 0 aliphatic carbocycles. The summed E-state index contributed by atoms with van der Waals surface area (Å²) in [4.78, 5) is 0. The highest BCUT2D eigenvalue weighted by Gasteiger charge is 2.21. The van der Waals surface area contributed by atoms with Crippen LogP contribution in [0.1, 0.15) is 33.1 Å². The Balaban J connectivity index is 2.09. The molecule has 0 radical (unpaired) electrons. The van der Waals surface area contributed by atoms with E-state index in [0.29, 0.717) is 11.8 Å². The first-order valence-corrected chi connectivity index (χ1v) is 6.20. The number of nitrogens with one attached hydrogen (secondary N) is 1. The highest BCUT2D eigenvalue weighted by Crippen LogP contribution is 2.18. The zero-order chi connectivity index (χ0) is 11.1. The molecule has 1 fully saturated rings. The monoisotopic (exact) mass is 215 g/mol. The van der Waals surface area contributed by atoms with Crippen LogP contribution in [-0.2, 0) is 4.74 Å². The molecule has 3 nitrogen and oxygen atoms in total. The van der Waals surface area contributed by atoms with Crippen molar-refractivity contribution in [2.24, 2.45) is 11.8 Å². The lowest BCUT2D eigenvalue weighted by Crippen LogP contribution is -2.37. The second kappa shape index (κ2) is 7.20. The smallest absolute Gasteiger partial charge is 0.0694 e. The van der Waals surface area contributed by atoms with Crippen molar-refractivity contribution in [3.05, 3.63) is 0 Å². The van der Waals surface area contributed by atoms with E-state index in [1.54, 1.807) is 0 Å². The average Bonchev–Trinajstić information content (AvgIpc) is 2.29. The highest BCUT2D eigenvalue weighted by molar-refractivity contribution is 4.73. The Labute approximate surface area is 93.2 Å². The lowest BCUT2D eigenvalue weighted by Gasteiger charge is -2.27. The van der Waals surface area contributed by atoms with E-state index < -0.39 is 0 Å². The molecule has 0 spiro atoms. The van der Waals surface area contributed by atoms with Gasteiger partial charge >= 0.3 is 0 Å². The number of aliphatic hydroxyl groups excluding tert-OH is 1. The Morgan fingerprint density at radius 1 is 1.33 bits per heavy atom. The van der Waals surface area contributed by atoms with Crippen LogP contribution >= 0.6 is 0 Å². The van der Waals surface area contributed by atoms with Gasteiger partial charge in [-0.1, -0.05) is 20.3 Å². The lowest BCUT2D eigenvalue weighted by atomic mass is 9.94. The molecular formula is C12H25NO2. The van der Waals surface area contributed by atoms with E-state index in [1.165, 1.54) is 6.42 Å². The van der Waals surface area contributed by atoms with Crippen LogP contribution in [0.15, 0.2) is 0 Å². The van der Waals surface area contributed by atoms with Gasteiger partial charge in [-0.2, -0.15) is 0 Å². The average molecular weight is 215 g/mol. The van der Waals surface area contributed by atoms with E-state index in [0.717, 1.165) is 39.1 Å². The maximum absolute atomic E-state index is 9.94. The first-order chi connectivity index (χ1) is 7.24. The van der Waals surface area contributed by atoms with Crippen molar-refractivity contribution in [1.82, 2.24) is 5.32 Å². The quantitative estimate of drug-likeness (QED) is 0.704. The molecular weight excluding hydrogens is 190 g/mol. The van der Waals surface area contributed by atoms with E-state index >= 15 is 0 Å². The number of aliphatic hydroxyl groups is 1. The summed E-state index contributed by atoms with van der Waals surface area (Å²) in [7, 11) is 0. The van der Waals surface area contributed by atoms with Crippen LogP contribution in [0, 0.1) is 11.8 Å². The van der Waals surface area contributed by atoms with Gasteiger partial charge in [0.05, 0.1) is 6.10 Å². The minimum Gasteiger partial charge on any atom is -0.392 e. The van der Waals surface area contributed by atoms with Crippen molar-refractivity contribution in [3.63, 3.8) is 0 Å². The zero-order valence-electron chi connectivity index (χ0n) is 10.0. The van der Waals surface area contributed by atoms with Gasteiger partial charge < -0.3 is 15.2 Å². The first-order valence-electron chi connectivity index (χ1n) is 6.20. The first kappa shape index (κ1) is 12.9. The standard InChI is InChI=1S/C12H25NO2/c1-3-10(2)8-13-9-12(14)11-4-6-15-7-5-11/h10-14H,3-9H2,1-2H3. The molecule has 0 aromatic carbocycles. The maximum Gasteiger partial charge on any atom is 0.0694 e. The molecule has 0 amide bonds. The summed E-state index contributed by atoms with van der Waals surface area (Å²) in [5.74, 6) is 1.13. The number of rotatable bonds is 6. The Kier molecular flexibility index (Phi) is 6.22. The SMILES string of the molecule is CCC(C)CNCC(O)C1CCOCC1. The molecule has 0 bridgehead atoms. The van der Waals surface area contributed by atoms with Gasteiger partial charge in [0.2, 0.25) is 0 Å². The summed E-state index contributed by atoms with van der Waals surface area (Å²) < 4.78 is 5.28. The summed E-state index contributed by atoms with van der Waals surface area (Å²) in [5.41, 5.74) is 0. The molecule has 2 atom stereocenters. The van der Waals surface area contributed by atoms with Gasteiger partial charge in [-0.3, -0.25) is 0 Å². The molecule has 3 heteroatoms. The van der Waals surface area contributed by atoms with Gasteiger partial charge in [0.1, 0.15) is 0 Å². The van der Waals surface area contributed by atoms with Crippen LogP contribution in [-0.4, -0.2) is 37.5 Å². The molecule has 15 heavy (non-hydrogen) atoms. The third-order valence-corrected chi connectivity index (χ3v) is 3.35. The third-order valence-electron chi connectivity index (χ3n) is 3.35. The van der Waals surface area contributed by atoms with Crippen LogP contribution in [0.25, 0.3) is 0 Å². The second-order valence-corrected chi connectivity index (χ2v) is 4.69. The normalized spacial score (nSPS) is 22.6. The Hall–Kier alpha value is -0.120. The van der Waals surface area contributed by atoms with Crippen molar-refractivity contribution in [1.29, 1.82) is 0 Å². The van der Waals surface area contributed by atoms with Crippen LogP contribution in [0.3, 0.4) is 0 Å². The fourth-order valence-corrected chi connectivity index (χ4v) is 1.89. The summed E-state index contributed by atoms with van der Waals surface area (Å²) >= 11 is 0. The molecule has 90 valence electrons. The van der Waals surface area contributed by atoms with Gasteiger partial charge in [-0.15, -0.1) is 0 Å². The molecule has 0 saturated carbocycles. The van der Waals surface area contributed by atoms with Gasteiger partial charge in [-0.05, 0) is 31.2 Å². The molecule has 1 rings (SSSR count). The molecule has 1 aliphatic rings. The van der Waals surface area contributed by atoms with Crippen molar-refractivity contribution in [2.75, 3.05) is 26.3 Å². The molecule has 1 heterocycles. The van der Waals surface area contributed by atoms with Crippen LogP contribution in [0.2, 0.25) is 0 Å². The summed E-state index contributed by atoms with van der Waals surface area (Å²) in [5, 5.41) is 13.3. The van der Waals surface area contributed by atoms with Crippen molar-refractivity contribution in [2.45, 2.75) is 39.2 Å². The number of hydrogen-bond donors (Lipinski definition) is 2. The van der Waals surface area contributed by atoms with Crippen LogP contribution < -0.4 is 5.32 Å². The Bertz CT molecular complexity index is 158. The van der Waals surface area contributed by atoms with Gasteiger partial charge in [0, 0.05) is 19.8 Å². The summed E-state index contributed by atoms with van der Waals surface area (Å²) in [6.07, 6.45) is 3.01. The van der Waals surface area contributed by atoms with Gasteiger partial charge in [0.25, 0.3) is 0 Å². The zero-order valence-corrected chi connectivity index (χ0v) is 10.0. The Morgan fingerprint density at radius 3 is 2.60 bits per heavy atom. The molecule has 1 aliphatic heterocycles. The fourth-order valence-electron chi connectivity index (χ4n) is 1.89. The van der Waals surface area contributed by atoms with Crippen molar-refractivity contribution in [3.8, 4) is 0 Å². The van der Waals surface area contributed by atoms with E-state index in [9.17, 15) is 5.11 Å².